The Morgan fingerprint density at radius 2 is 2.00 bits per heavy atom. The van der Waals surface area contributed by atoms with Gasteiger partial charge in [-0.3, -0.25) is 0 Å². The van der Waals surface area contributed by atoms with Crippen LogP contribution in [0.2, 0.25) is 0 Å². The Morgan fingerprint density at radius 1 is 1.22 bits per heavy atom. The molecule has 0 aliphatic rings. The van der Waals surface area contributed by atoms with E-state index in [9.17, 15) is 0 Å². The molecule has 0 bridgehead atoms. The van der Waals surface area contributed by atoms with Gasteiger partial charge in [-0.25, -0.2) is 0 Å². The van der Waals surface area contributed by atoms with E-state index in [0.29, 0.717) is 0 Å². The van der Waals surface area contributed by atoms with E-state index in [4.69, 9.17) is 4.74 Å². The van der Waals surface area contributed by atoms with Crippen LogP contribution in [0.3, 0.4) is 0 Å². The summed E-state index contributed by atoms with van der Waals surface area (Å²) in [5, 5.41) is 3.48. The number of methoxy groups -OCH3 is 1. The third kappa shape index (κ3) is 6.38. The maximum absolute atomic E-state index is 5.35. The van der Waals surface area contributed by atoms with Gasteiger partial charge >= 0.3 is 0 Å². The minimum absolute atomic E-state index is 0.870. The van der Waals surface area contributed by atoms with E-state index >= 15 is 0 Å². The minimum Gasteiger partial charge on any atom is -0.496 e. The molecule has 102 valence electrons. The molecule has 0 saturated carbocycles. The lowest BCUT2D eigenvalue weighted by atomic mass is 10.2. The highest BCUT2D eigenvalue weighted by molar-refractivity contribution is 14.1. The van der Waals surface area contributed by atoms with Crippen molar-refractivity contribution >= 4 is 38.5 Å². The summed E-state index contributed by atoms with van der Waals surface area (Å²) in [5.74, 6) is 0.954. The first-order valence-electron chi connectivity index (χ1n) is 6.37. The van der Waals surface area contributed by atoms with Crippen molar-refractivity contribution in [3.8, 4) is 5.75 Å². The summed E-state index contributed by atoms with van der Waals surface area (Å²) in [7, 11) is 1.72. The van der Waals surface area contributed by atoms with Crippen molar-refractivity contribution in [1.82, 2.24) is 5.32 Å². The first-order chi connectivity index (χ1) is 8.77. The fraction of sp³-hybridized carbons (Fsp3) is 0.571. The molecule has 2 nitrogen and oxygen atoms in total. The van der Waals surface area contributed by atoms with Gasteiger partial charge in [0.15, 0.2) is 0 Å². The minimum atomic E-state index is 0.870. The van der Waals surface area contributed by atoms with Crippen molar-refractivity contribution in [2.45, 2.75) is 32.2 Å². The zero-order valence-electron chi connectivity index (χ0n) is 10.8. The Hall–Kier alpha value is 0.190. The average molecular weight is 426 g/mol. The maximum Gasteiger partial charge on any atom is 0.123 e. The summed E-state index contributed by atoms with van der Waals surface area (Å²) < 4.78 is 7.73. The standard InChI is InChI=1S/C14H21BrINO/c1-18-14-7-6-13(15)10-12(14)11-17-9-5-3-2-4-8-16/h6-7,10,17H,2-5,8-9,11H2,1H3. The highest BCUT2D eigenvalue weighted by Crippen LogP contribution is 2.22. The number of ether oxygens (including phenoxy) is 1. The van der Waals surface area contributed by atoms with Crippen LogP contribution >= 0.6 is 38.5 Å². The van der Waals surface area contributed by atoms with Gasteiger partial charge in [0.05, 0.1) is 7.11 Å². The number of nitrogens with one attached hydrogen (secondary N) is 1. The van der Waals surface area contributed by atoms with E-state index in [2.05, 4.69) is 49.9 Å². The Kier molecular flexibility index (Phi) is 9.06. The summed E-state index contributed by atoms with van der Waals surface area (Å²) in [6.45, 7) is 1.95. The lowest BCUT2D eigenvalue weighted by molar-refractivity contribution is 0.407. The zero-order valence-corrected chi connectivity index (χ0v) is 14.6. The molecule has 0 unspecified atom stereocenters. The van der Waals surface area contributed by atoms with Crippen LogP contribution < -0.4 is 10.1 Å². The number of alkyl halides is 1. The maximum atomic E-state index is 5.35. The van der Waals surface area contributed by atoms with Gasteiger partial charge < -0.3 is 10.1 Å². The average Bonchev–Trinajstić information content (AvgIpc) is 2.38. The van der Waals surface area contributed by atoms with Crippen LogP contribution in [0.25, 0.3) is 0 Å². The highest BCUT2D eigenvalue weighted by atomic mass is 127. The summed E-state index contributed by atoms with van der Waals surface area (Å²) >= 11 is 5.93. The number of hydrogen-bond acceptors (Lipinski definition) is 2. The van der Waals surface area contributed by atoms with Crippen LogP contribution in [-0.2, 0) is 6.54 Å². The van der Waals surface area contributed by atoms with E-state index in [1.807, 2.05) is 12.1 Å². The molecule has 0 aliphatic heterocycles. The Morgan fingerprint density at radius 3 is 2.72 bits per heavy atom. The molecule has 0 heterocycles. The number of rotatable bonds is 9. The summed E-state index contributed by atoms with van der Waals surface area (Å²) in [6, 6.07) is 6.12. The van der Waals surface area contributed by atoms with Crippen LogP contribution in [0, 0.1) is 0 Å². The molecular formula is C14H21BrINO. The van der Waals surface area contributed by atoms with Gasteiger partial charge in [0, 0.05) is 16.6 Å². The Labute approximate surface area is 132 Å². The van der Waals surface area contributed by atoms with E-state index in [1.54, 1.807) is 7.11 Å². The molecule has 0 amide bonds. The molecule has 0 atom stereocenters. The second kappa shape index (κ2) is 10.0. The molecule has 1 N–H and O–H groups in total. The van der Waals surface area contributed by atoms with E-state index in [-0.39, 0.29) is 0 Å². The second-order valence-electron chi connectivity index (χ2n) is 4.24. The first kappa shape index (κ1) is 16.2. The molecule has 4 heteroatoms. The first-order valence-corrected chi connectivity index (χ1v) is 8.69. The van der Waals surface area contributed by atoms with Gasteiger partial charge in [0.2, 0.25) is 0 Å². The smallest absolute Gasteiger partial charge is 0.123 e. The van der Waals surface area contributed by atoms with Gasteiger partial charge in [-0.15, -0.1) is 0 Å². The lowest BCUT2D eigenvalue weighted by Crippen LogP contribution is -2.15. The number of halogens is 2. The van der Waals surface area contributed by atoms with Crippen molar-refractivity contribution in [1.29, 1.82) is 0 Å². The van der Waals surface area contributed by atoms with Crippen molar-refractivity contribution in [2.75, 3.05) is 18.1 Å². The molecule has 0 aromatic heterocycles. The van der Waals surface area contributed by atoms with Crippen molar-refractivity contribution in [2.24, 2.45) is 0 Å². The molecule has 0 fully saturated rings. The second-order valence-corrected chi connectivity index (χ2v) is 6.23. The van der Waals surface area contributed by atoms with Gasteiger partial charge in [0.1, 0.15) is 5.75 Å². The van der Waals surface area contributed by atoms with Crippen molar-refractivity contribution in [3.63, 3.8) is 0 Å². The number of benzene rings is 1. The van der Waals surface area contributed by atoms with Crippen LogP contribution in [0.15, 0.2) is 22.7 Å². The van der Waals surface area contributed by atoms with Gasteiger partial charge in [-0.05, 0) is 42.0 Å². The molecule has 0 spiro atoms. The number of hydrogen-bond donors (Lipinski definition) is 1. The fourth-order valence-corrected chi connectivity index (χ4v) is 2.75. The summed E-state index contributed by atoms with van der Waals surface area (Å²) in [4.78, 5) is 0. The topological polar surface area (TPSA) is 21.3 Å². The third-order valence-corrected chi connectivity index (χ3v) is 4.05. The van der Waals surface area contributed by atoms with E-state index in [0.717, 1.165) is 23.3 Å². The SMILES string of the molecule is COc1ccc(Br)cc1CNCCCCCCI. The van der Waals surface area contributed by atoms with Crippen LogP contribution in [-0.4, -0.2) is 18.1 Å². The zero-order chi connectivity index (χ0) is 13.2. The van der Waals surface area contributed by atoms with Crippen LogP contribution in [0.1, 0.15) is 31.2 Å². The highest BCUT2D eigenvalue weighted by Gasteiger charge is 2.02. The largest absolute Gasteiger partial charge is 0.496 e. The molecule has 1 rings (SSSR count). The molecule has 1 aromatic rings. The molecule has 0 radical (unpaired) electrons. The van der Waals surface area contributed by atoms with Gasteiger partial charge in [-0.1, -0.05) is 51.4 Å². The summed E-state index contributed by atoms with van der Waals surface area (Å²) in [5.41, 5.74) is 1.21. The van der Waals surface area contributed by atoms with E-state index < -0.39 is 0 Å². The Balaban J connectivity index is 2.24. The number of unbranched alkanes of at least 4 members (excludes halogenated alkanes) is 3. The molecule has 18 heavy (non-hydrogen) atoms. The monoisotopic (exact) mass is 425 g/mol. The fourth-order valence-electron chi connectivity index (χ4n) is 1.81. The van der Waals surface area contributed by atoms with E-state index in [1.165, 1.54) is 35.7 Å². The normalized spacial score (nSPS) is 10.6. The molecule has 0 aliphatic carbocycles. The predicted octanol–water partition coefficient (Wildman–Crippen LogP) is 4.54. The van der Waals surface area contributed by atoms with Crippen molar-refractivity contribution < 1.29 is 4.74 Å². The van der Waals surface area contributed by atoms with Crippen LogP contribution in [0.4, 0.5) is 0 Å². The molecule has 0 saturated heterocycles. The summed E-state index contributed by atoms with van der Waals surface area (Å²) in [6.07, 6.45) is 5.28. The van der Waals surface area contributed by atoms with Gasteiger partial charge in [0.25, 0.3) is 0 Å². The predicted molar refractivity (Wildman–Crippen MR) is 89.8 cm³/mol. The van der Waals surface area contributed by atoms with Crippen molar-refractivity contribution in [3.05, 3.63) is 28.2 Å². The van der Waals surface area contributed by atoms with Crippen LogP contribution in [0.5, 0.6) is 5.75 Å². The third-order valence-electron chi connectivity index (χ3n) is 2.80. The molecule has 1 aromatic carbocycles. The van der Waals surface area contributed by atoms with Gasteiger partial charge in [-0.2, -0.15) is 0 Å². The molecular weight excluding hydrogens is 405 g/mol. The quantitative estimate of drug-likeness (QED) is 0.356. The lowest BCUT2D eigenvalue weighted by Gasteiger charge is -2.10. The Bertz CT molecular complexity index is 347.